The van der Waals surface area contributed by atoms with E-state index in [9.17, 15) is 4.79 Å². The Morgan fingerprint density at radius 2 is 2.04 bits per heavy atom. The third-order valence-electron chi connectivity index (χ3n) is 3.62. The maximum absolute atomic E-state index is 12.2. The lowest BCUT2D eigenvalue weighted by Gasteiger charge is -2.16. The molecule has 122 valence electrons. The van der Waals surface area contributed by atoms with Crippen LogP contribution in [0.5, 0.6) is 0 Å². The molecule has 0 spiro atoms. The number of anilines is 1. The summed E-state index contributed by atoms with van der Waals surface area (Å²) in [5, 5.41) is 8.89. The zero-order chi connectivity index (χ0) is 16.9. The van der Waals surface area contributed by atoms with Crippen LogP contribution < -0.4 is 4.90 Å². The number of thioether (sulfide) groups is 1. The Balaban J connectivity index is 1.81. The average molecular weight is 338 g/mol. The minimum absolute atomic E-state index is 0.0209. The standard InChI is InChI=1S/C18H18N4OS/c1-13(2)15-5-7-16(8-6-15)22-17(23)12-24-18(22)21-20-11-14-4-3-9-19-10-14/h3-11,13H,12H2,1-2H3/b20-11+,21-18+. The first-order chi connectivity index (χ1) is 11.6. The van der Waals surface area contributed by atoms with Gasteiger partial charge in [-0.25, -0.2) is 0 Å². The van der Waals surface area contributed by atoms with E-state index in [1.165, 1.54) is 17.3 Å². The lowest BCUT2D eigenvalue weighted by Crippen LogP contribution is -2.29. The summed E-state index contributed by atoms with van der Waals surface area (Å²) in [5.41, 5.74) is 2.93. The summed E-state index contributed by atoms with van der Waals surface area (Å²) < 4.78 is 0. The van der Waals surface area contributed by atoms with Gasteiger partial charge in [-0.05, 0) is 29.7 Å². The van der Waals surface area contributed by atoms with Crippen LogP contribution in [0.2, 0.25) is 0 Å². The fourth-order valence-corrected chi connectivity index (χ4v) is 3.12. The van der Waals surface area contributed by atoms with Gasteiger partial charge in [0.05, 0.1) is 17.7 Å². The van der Waals surface area contributed by atoms with Crippen LogP contribution in [0, 0.1) is 0 Å². The number of carbonyl (C=O) groups is 1. The van der Waals surface area contributed by atoms with E-state index in [0.29, 0.717) is 16.8 Å². The van der Waals surface area contributed by atoms with E-state index in [4.69, 9.17) is 0 Å². The smallest absolute Gasteiger partial charge is 0.243 e. The number of nitrogens with zero attached hydrogens (tertiary/aromatic N) is 4. The van der Waals surface area contributed by atoms with E-state index in [-0.39, 0.29) is 5.91 Å². The van der Waals surface area contributed by atoms with Crippen molar-refractivity contribution in [2.75, 3.05) is 10.7 Å². The predicted molar refractivity (Wildman–Crippen MR) is 99.7 cm³/mol. The molecule has 0 saturated carbocycles. The lowest BCUT2D eigenvalue weighted by molar-refractivity contribution is -0.115. The Labute approximate surface area is 145 Å². The normalized spacial score (nSPS) is 16.7. The Bertz CT molecular complexity index is 769. The molecule has 1 aliphatic heterocycles. The maximum Gasteiger partial charge on any atom is 0.243 e. The minimum Gasteiger partial charge on any atom is -0.273 e. The fraction of sp³-hybridized carbons (Fsp3) is 0.222. The van der Waals surface area contributed by atoms with E-state index in [1.54, 1.807) is 23.5 Å². The second-order valence-electron chi connectivity index (χ2n) is 5.68. The van der Waals surface area contributed by atoms with Crippen LogP contribution in [0.3, 0.4) is 0 Å². The van der Waals surface area contributed by atoms with Crippen LogP contribution in [0.15, 0.2) is 59.0 Å². The number of amidine groups is 1. The van der Waals surface area contributed by atoms with Gasteiger partial charge in [0.2, 0.25) is 5.91 Å². The molecular weight excluding hydrogens is 320 g/mol. The van der Waals surface area contributed by atoms with Crippen molar-refractivity contribution in [1.82, 2.24) is 4.98 Å². The fourth-order valence-electron chi connectivity index (χ4n) is 2.30. The molecule has 5 nitrogen and oxygen atoms in total. The molecular formula is C18H18N4OS. The van der Waals surface area contributed by atoms with Gasteiger partial charge >= 0.3 is 0 Å². The molecule has 0 N–H and O–H groups in total. The molecule has 1 aromatic heterocycles. The van der Waals surface area contributed by atoms with Crippen LogP contribution in [0.25, 0.3) is 0 Å². The van der Waals surface area contributed by atoms with E-state index in [0.717, 1.165) is 11.3 Å². The van der Waals surface area contributed by atoms with Crippen molar-refractivity contribution < 1.29 is 4.79 Å². The van der Waals surface area contributed by atoms with Crippen molar-refractivity contribution in [3.05, 3.63) is 59.9 Å². The number of pyridine rings is 1. The largest absolute Gasteiger partial charge is 0.273 e. The Morgan fingerprint density at radius 3 is 2.71 bits per heavy atom. The van der Waals surface area contributed by atoms with Crippen molar-refractivity contribution in [1.29, 1.82) is 0 Å². The van der Waals surface area contributed by atoms with Gasteiger partial charge in [-0.1, -0.05) is 43.8 Å². The topological polar surface area (TPSA) is 57.9 Å². The highest BCUT2D eigenvalue weighted by Crippen LogP contribution is 2.28. The Kier molecular flexibility index (Phi) is 5.05. The highest BCUT2D eigenvalue weighted by molar-refractivity contribution is 8.15. The zero-order valence-corrected chi connectivity index (χ0v) is 14.4. The molecule has 0 radical (unpaired) electrons. The summed E-state index contributed by atoms with van der Waals surface area (Å²) in [6.07, 6.45) is 5.04. The minimum atomic E-state index is 0.0209. The number of rotatable bonds is 4. The molecule has 6 heteroatoms. The van der Waals surface area contributed by atoms with Gasteiger partial charge in [-0.15, -0.1) is 5.10 Å². The van der Waals surface area contributed by atoms with Crippen molar-refractivity contribution in [3.8, 4) is 0 Å². The van der Waals surface area contributed by atoms with Crippen LogP contribution in [-0.4, -0.2) is 28.0 Å². The molecule has 1 amide bonds. The first-order valence-corrected chi connectivity index (χ1v) is 8.70. The van der Waals surface area contributed by atoms with E-state index in [2.05, 4.69) is 29.0 Å². The van der Waals surface area contributed by atoms with Crippen molar-refractivity contribution >= 4 is 34.7 Å². The summed E-state index contributed by atoms with van der Waals surface area (Å²) in [6, 6.07) is 11.7. The third kappa shape index (κ3) is 3.71. The predicted octanol–water partition coefficient (Wildman–Crippen LogP) is 3.67. The molecule has 0 bridgehead atoms. The van der Waals surface area contributed by atoms with Gasteiger partial charge < -0.3 is 0 Å². The van der Waals surface area contributed by atoms with Gasteiger partial charge in [0.1, 0.15) is 0 Å². The number of carbonyl (C=O) groups excluding carboxylic acids is 1. The number of benzene rings is 1. The third-order valence-corrected chi connectivity index (χ3v) is 4.53. The van der Waals surface area contributed by atoms with Gasteiger partial charge in [0, 0.05) is 18.0 Å². The quantitative estimate of drug-likeness (QED) is 0.631. The highest BCUT2D eigenvalue weighted by atomic mass is 32.2. The molecule has 2 heterocycles. The number of hydrogen-bond donors (Lipinski definition) is 0. The Hall–Kier alpha value is -2.47. The van der Waals surface area contributed by atoms with E-state index < -0.39 is 0 Å². The second kappa shape index (κ2) is 7.40. The van der Waals surface area contributed by atoms with Crippen LogP contribution >= 0.6 is 11.8 Å². The molecule has 1 aliphatic rings. The lowest BCUT2D eigenvalue weighted by atomic mass is 10.0. The highest BCUT2D eigenvalue weighted by Gasteiger charge is 2.29. The van der Waals surface area contributed by atoms with Crippen LogP contribution in [0.4, 0.5) is 5.69 Å². The first-order valence-electron chi connectivity index (χ1n) is 7.72. The SMILES string of the molecule is CC(C)c1ccc(N2C(=O)CS/C2=N/N=C/c2cccnc2)cc1. The van der Waals surface area contributed by atoms with Crippen LogP contribution in [-0.2, 0) is 4.79 Å². The number of hydrogen-bond acceptors (Lipinski definition) is 5. The molecule has 1 aromatic carbocycles. The first kappa shape index (κ1) is 16.4. The monoisotopic (exact) mass is 338 g/mol. The molecule has 2 aromatic rings. The maximum atomic E-state index is 12.2. The summed E-state index contributed by atoms with van der Waals surface area (Å²) in [7, 11) is 0. The number of aromatic nitrogens is 1. The molecule has 1 fully saturated rings. The summed E-state index contributed by atoms with van der Waals surface area (Å²) >= 11 is 1.40. The zero-order valence-electron chi connectivity index (χ0n) is 13.6. The molecule has 0 unspecified atom stereocenters. The summed E-state index contributed by atoms with van der Waals surface area (Å²) in [5.74, 6) is 0.861. The summed E-state index contributed by atoms with van der Waals surface area (Å²) in [6.45, 7) is 4.29. The van der Waals surface area contributed by atoms with Gasteiger partial charge in [-0.3, -0.25) is 14.7 Å². The summed E-state index contributed by atoms with van der Waals surface area (Å²) in [4.78, 5) is 17.8. The van der Waals surface area contributed by atoms with Crippen molar-refractivity contribution in [3.63, 3.8) is 0 Å². The van der Waals surface area contributed by atoms with Gasteiger partial charge in [-0.2, -0.15) is 5.10 Å². The molecule has 1 saturated heterocycles. The molecule has 24 heavy (non-hydrogen) atoms. The molecule has 0 atom stereocenters. The molecule has 0 aliphatic carbocycles. The van der Waals surface area contributed by atoms with E-state index >= 15 is 0 Å². The average Bonchev–Trinajstić information content (AvgIpc) is 2.96. The van der Waals surface area contributed by atoms with Gasteiger partial charge in [0.25, 0.3) is 0 Å². The van der Waals surface area contributed by atoms with E-state index in [1.807, 2.05) is 36.4 Å². The molecule has 3 rings (SSSR count). The van der Waals surface area contributed by atoms with Crippen LogP contribution in [0.1, 0.15) is 30.9 Å². The second-order valence-corrected chi connectivity index (χ2v) is 6.62. The van der Waals surface area contributed by atoms with Crippen molar-refractivity contribution in [2.45, 2.75) is 19.8 Å². The Morgan fingerprint density at radius 1 is 1.25 bits per heavy atom. The van der Waals surface area contributed by atoms with Crippen molar-refractivity contribution in [2.24, 2.45) is 10.2 Å². The van der Waals surface area contributed by atoms with Gasteiger partial charge in [0.15, 0.2) is 5.17 Å². The number of amides is 1.